The lowest BCUT2D eigenvalue weighted by Crippen LogP contribution is -2.47. The lowest BCUT2D eigenvalue weighted by atomic mass is 9.84. The molecule has 3 heterocycles. The first-order valence-corrected chi connectivity index (χ1v) is 11.1. The van der Waals surface area contributed by atoms with Crippen LogP contribution in [0.5, 0.6) is 0 Å². The Morgan fingerprint density at radius 2 is 1.88 bits per heavy atom. The molecule has 0 amide bonds. The maximum absolute atomic E-state index is 15.0. The Balaban J connectivity index is 1.40. The molecule has 2 aromatic heterocycles. The van der Waals surface area contributed by atoms with Crippen LogP contribution in [-0.4, -0.2) is 53.2 Å². The van der Waals surface area contributed by atoms with E-state index in [0.29, 0.717) is 29.6 Å². The summed E-state index contributed by atoms with van der Waals surface area (Å²) in [6.45, 7) is 6.29. The number of likely N-dealkylation sites (tertiary alicyclic amines) is 1. The molecule has 1 aromatic carbocycles. The molecule has 9 nitrogen and oxygen atoms in total. The third kappa shape index (κ3) is 3.90. The van der Waals surface area contributed by atoms with E-state index < -0.39 is 5.82 Å². The van der Waals surface area contributed by atoms with E-state index in [0.717, 1.165) is 24.2 Å². The van der Waals surface area contributed by atoms with E-state index in [-0.39, 0.29) is 17.7 Å². The van der Waals surface area contributed by atoms with E-state index in [4.69, 9.17) is 5.73 Å². The second-order valence-corrected chi connectivity index (χ2v) is 8.99. The first kappa shape index (κ1) is 20.7. The number of aryl methyl sites for hydroxylation is 1. The number of tetrazole rings is 1. The minimum Gasteiger partial charge on any atom is -0.381 e. The molecule has 0 bridgehead atoms. The summed E-state index contributed by atoms with van der Waals surface area (Å²) in [5, 5.41) is 14.8. The quantitative estimate of drug-likeness (QED) is 0.625. The van der Waals surface area contributed by atoms with Gasteiger partial charge in [0.25, 0.3) is 0 Å². The molecule has 1 aliphatic carbocycles. The van der Waals surface area contributed by atoms with Crippen molar-refractivity contribution < 1.29 is 4.39 Å². The zero-order valence-electron chi connectivity index (χ0n) is 18.5. The largest absolute Gasteiger partial charge is 0.381 e. The molecule has 3 aromatic rings. The molecular weight excluding hydrogens is 409 g/mol. The molecule has 3 N–H and O–H groups in total. The Morgan fingerprint density at radius 3 is 2.53 bits per heavy atom. The van der Waals surface area contributed by atoms with E-state index in [1.165, 1.54) is 12.8 Å². The fourth-order valence-corrected chi connectivity index (χ4v) is 5.04. The second kappa shape index (κ2) is 8.09. The third-order valence-electron chi connectivity index (χ3n) is 6.50. The van der Waals surface area contributed by atoms with Gasteiger partial charge in [0, 0.05) is 29.7 Å². The van der Waals surface area contributed by atoms with Crippen molar-refractivity contribution in [2.75, 3.05) is 11.1 Å². The molecule has 0 spiro atoms. The monoisotopic (exact) mass is 437 g/mol. The highest BCUT2D eigenvalue weighted by atomic mass is 19.1. The third-order valence-corrected chi connectivity index (χ3v) is 6.50. The molecule has 2 atom stereocenters. The van der Waals surface area contributed by atoms with Gasteiger partial charge in [0.1, 0.15) is 0 Å². The summed E-state index contributed by atoms with van der Waals surface area (Å²) in [5.41, 5.74) is 7.89. The van der Waals surface area contributed by atoms with E-state index in [9.17, 15) is 0 Å². The highest BCUT2D eigenvalue weighted by molar-refractivity contribution is 5.58. The van der Waals surface area contributed by atoms with Crippen LogP contribution < -0.4 is 11.1 Å². The molecule has 2 aliphatic rings. The minimum atomic E-state index is -0.502. The number of nitrogens with zero attached hydrogens (tertiary/aromatic N) is 7. The fraction of sp³-hybridized carbons (Fsp3) is 0.500. The number of aromatic nitrogens is 6. The first-order valence-electron chi connectivity index (χ1n) is 11.1. The molecule has 2 fully saturated rings. The molecule has 5 rings (SSSR count). The summed E-state index contributed by atoms with van der Waals surface area (Å²) >= 11 is 0. The number of hydrogen-bond donors (Lipinski definition) is 2. The lowest BCUT2D eigenvalue weighted by molar-refractivity contribution is 0.0807. The molecule has 168 valence electrons. The topological polar surface area (TPSA) is 111 Å². The Bertz CT molecular complexity index is 1110. The first-order chi connectivity index (χ1) is 15.4. The maximum atomic E-state index is 15.0. The summed E-state index contributed by atoms with van der Waals surface area (Å²) in [5.74, 6) is 0.339. The molecule has 1 saturated heterocycles. The van der Waals surface area contributed by atoms with Gasteiger partial charge in [0.15, 0.2) is 17.5 Å². The predicted molar refractivity (Wildman–Crippen MR) is 119 cm³/mol. The Morgan fingerprint density at radius 1 is 1.12 bits per heavy atom. The van der Waals surface area contributed by atoms with Crippen molar-refractivity contribution in [2.24, 2.45) is 0 Å². The molecule has 32 heavy (non-hydrogen) atoms. The summed E-state index contributed by atoms with van der Waals surface area (Å²) < 4.78 is 16.6. The van der Waals surface area contributed by atoms with Gasteiger partial charge in [-0.2, -0.15) is 9.67 Å². The van der Waals surface area contributed by atoms with E-state index in [1.807, 2.05) is 31.2 Å². The van der Waals surface area contributed by atoms with E-state index in [2.05, 4.69) is 49.6 Å². The van der Waals surface area contributed by atoms with Gasteiger partial charge >= 0.3 is 0 Å². The van der Waals surface area contributed by atoms with Gasteiger partial charge in [-0.3, -0.25) is 4.90 Å². The number of nitrogens with one attached hydrogen (secondary N) is 1. The van der Waals surface area contributed by atoms with Crippen molar-refractivity contribution in [3.63, 3.8) is 0 Å². The summed E-state index contributed by atoms with van der Waals surface area (Å²) in [7, 11) is 0. The van der Waals surface area contributed by atoms with E-state index in [1.54, 1.807) is 4.68 Å². The van der Waals surface area contributed by atoms with Crippen LogP contribution >= 0.6 is 0 Å². The Labute approximate surface area is 186 Å². The number of nitrogen functional groups attached to an aromatic ring is 1. The molecule has 2 unspecified atom stereocenters. The van der Waals surface area contributed by atoms with Crippen LogP contribution in [0.1, 0.15) is 57.0 Å². The van der Waals surface area contributed by atoms with Gasteiger partial charge in [-0.25, -0.2) is 9.37 Å². The van der Waals surface area contributed by atoms with Crippen LogP contribution in [0.3, 0.4) is 0 Å². The van der Waals surface area contributed by atoms with Crippen LogP contribution in [-0.2, 0) is 0 Å². The maximum Gasteiger partial charge on any atom is 0.229 e. The fourth-order valence-electron chi connectivity index (χ4n) is 5.04. The minimum absolute atomic E-state index is 0.0102. The SMILES string of the molecule is Cc1nnnn1-c1cccc(Nc2nc(N)c(F)c(C3CC(C)N(C4CC4)C(C)C3)n2)c1. The Hall–Kier alpha value is -3.14. The van der Waals surface area contributed by atoms with Crippen LogP contribution in [0.4, 0.5) is 21.8 Å². The predicted octanol–water partition coefficient (Wildman–Crippen LogP) is 3.34. The number of hydrogen-bond acceptors (Lipinski definition) is 8. The normalized spacial score (nSPS) is 23.9. The average Bonchev–Trinajstić information content (AvgIpc) is 3.49. The molecule has 1 saturated carbocycles. The number of rotatable bonds is 5. The zero-order chi connectivity index (χ0) is 22.4. The van der Waals surface area contributed by atoms with Gasteiger partial charge in [0.2, 0.25) is 5.95 Å². The van der Waals surface area contributed by atoms with Gasteiger partial charge < -0.3 is 11.1 Å². The standard InChI is InChI=1S/C22H28FN9/c1-12-9-15(10-13(2)31(12)17-7-8-17)20-19(23)21(24)27-22(26-20)25-16-5-4-6-18(11-16)32-14(3)28-29-30-32/h4-6,11-13,15,17H,7-10H2,1-3H3,(H3,24,25,26,27). The van der Waals surface area contributed by atoms with Gasteiger partial charge in [0.05, 0.1) is 11.4 Å². The second-order valence-electron chi connectivity index (χ2n) is 8.99. The average molecular weight is 438 g/mol. The molecular formula is C22H28FN9. The summed E-state index contributed by atoms with van der Waals surface area (Å²) in [6, 6.07) is 9.00. The van der Waals surface area contributed by atoms with Crippen molar-refractivity contribution in [3.8, 4) is 5.69 Å². The van der Waals surface area contributed by atoms with Crippen molar-refractivity contribution in [1.82, 2.24) is 35.1 Å². The number of halogens is 1. The van der Waals surface area contributed by atoms with Crippen molar-refractivity contribution in [2.45, 2.75) is 70.5 Å². The van der Waals surface area contributed by atoms with Gasteiger partial charge in [-0.1, -0.05) is 6.07 Å². The van der Waals surface area contributed by atoms with Crippen molar-refractivity contribution >= 4 is 17.5 Å². The van der Waals surface area contributed by atoms with Crippen LogP contribution in [0.2, 0.25) is 0 Å². The summed E-state index contributed by atoms with van der Waals surface area (Å²) in [6.07, 6.45) is 4.26. The molecule has 10 heteroatoms. The molecule has 0 radical (unpaired) electrons. The number of piperidine rings is 1. The lowest BCUT2D eigenvalue weighted by Gasteiger charge is -2.43. The van der Waals surface area contributed by atoms with Crippen LogP contribution in [0.15, 0.2) is 24.3 Å². The zero-order valence-corrected chi connectivity index (χ0v) is 18.5. The van der Waals surface area contributed by atoms with Crippen molar-refractivity contribution in [3.05, 3.63) is 41.6 Å². The number of anilines is 3. The molecule has 1 aliphatic heterocycles. The highest BCUT2D eigenvalue weighted by Gasteiger charge is 2.41. The van der Waals surface area contributed by atoms with Gasteiger partial charge in [-0.15, -0.1) is 5.10 Å². The van der Waals surface area contributed by atoms with Gasteiger partial charge in [-0.05, 0) is 75.1 Å². The van der Waals surface area contributed by atoms with E-state index >= 15 is 4.39 Å². The van der Waals surface area contributed by atoms with Crippen LogP contribution in [0, 0.1) is 12.7 Å². The highest BCUT2D eigenvalue weighted by Crippen LogP contribution is 2.41. The Kier molecular flexibility index (Phi) is 5.24. The van der Waals surface area contributed by atoms with Crippen molar-refractivity contribution in [1.29, 1.82) is 0 Å². The number of benzene rings is 1. The smallest absolute Gasteiger partial charge is 0.229 e. The van der Waals surface area contributed by atoms with Crippen LogP contribution in [0.25, 0.3) is 5.69 Å². The number of nitrogens with two attached hydrogens (primary N) is 1. The summed E-state index contributed by atoms with van der Waals surface area (Å²) in [4.78, 5) is 11.3.